The molecule has 3 nitrogen and oxygen atoms in total. The van der Waals surface area contributed by atoms with Gasteiger partial charge in [0.2, 0.25) is 5.91 Å². The minimum absolute atomic E-state index is 0.0656. The van der Waals surface area contributed by atoms with E-state index in [9.17, 15) is 13.6 Å². The molecule has 1 aromatic heterocycles. The molecule has 1 amide bonds. The summed E-state index contributed by atoms with van der Waals surface area (Å²) in [7, 11) is 0. The van der Waals surface area contributed by atoms with Crippen LogP contribution in [0.15, 0.2) is 53.9 Å². The number of nitrogens with one attached hydrogen (secondary N) is 1. The van der Waals surface area contributed by atoms with E-state index >= 15 is 0 Å². The molecule has 0 spiro atoms. The Morgan fingerprint density at radius 3 is 2.68 bits per heavy atom. The first-order valence-corrected chi connectivity index (χ1v) is 10.0. The van der Waals surface area contributed by atoms with Crippen molar-refractivity contribution in [3.63, 3.8) is 0 Å². The molecule has 0 unspecified atom stereocenters. The fourth-order valence-corrected chi connectivity index (χ4v) is 4.56. The largest absolute Gasteiger partial charge is 0.381 e. The summed E-state index contributed by atoms with van der Waals surface area (Å²) in [6, 6.07) is 13.5. The van der Waals surface area contributed by atoms with E-state index in [2.05, 4.69) is 16.8 Å². The molecule has 0 radical (unpaired) electrons. The fraction of sp³-hybridized carbons (Fsp3) is 0.227. The Bertz CT molecular complexity index is 1000. The lowest BCUT2D eigenvalue weighted by Gasteiger charge is -2.35. The van der Waals surface area contributed by atoms with Crippen LogP contribution in [0.4, 0.5) is 14.5 Å². The Labute approximate surface area is 166 Å². The quantitative estimate of drug-likeness (QED) is 0.661. The van der Waals surface area contributed by atoms with Crippen molar-refractivity contribution >= 4 is 22.9 Å². The molecule has 0 saturated carbocycles. The molecule has 4 rings (SSSR count). The van der Waals surface area contributed by atoms with Gasteiger partial charge in [0.05, 0.1) is 6.04 Å². The van der Waals surface area contributed by atoms with E-state index in [-0.39, 0.29) is 18.5 Å². The highest BCUT2D eigenvalue weighted by molar-refractivity contribution is 7.10. The van der Waals surface area contributed by atoms with Gasteiger partial charge in [-0.05, 0) is 47.2 Å². The Morgan fingerprint density at radius 1 is 1.18 bits per heavy atom. The molecular formula is C22H20F2N2OS. The summed E-state index contributed by atoms with van der Waals surface area (Å²) in [4.78, 5) is 15.4. The number of hydrogen-bond acceptors (Lipinski definition) is 3. The van der Waals surface area contributed by atoms with Crippen molar-refractivity contribution in [3.8, 4) is 0 Å². The highest BCUT2D eigenvalue weighted by Gasteiger charge is 2.31. The topological polar surface area (TPSA) is 32.3 Å². The van der Waals surface area contributed by atoms with Gasteiger partial charge in [-0.15, -0.1) is 11.3 Å². The van der Waals surface area contributed by atoms with Gasteiger partial charge in [-0.25, -0.2) is 8.78 Å². The number of amides is 1. The van der Waals surface area contributed by atoms with Crippen molar-refractivity contribution < 1.29 is 13.6 Å². The van der Waals surface area contributed by atoms with E-state index in [4.69, 9.17) is 0 Å². The minimum atomic E-state index is -0.582. The van der Waals surface area contributed by atoms with Crippen LogP contribution in [-0.2, 0) is 17.8 Å². The third kappa shape index (κ3) is 3.64. The number of carbonyl (C=O) groups is 1. The Morgan fingerprint density at radius 2 is 1.96 bits per heavy atom. The smallest absolute Gasteiger partial charge is 0.220 e. The van der Waals surface area contributed by atoms with Gasteiger partial charge in [-0.1, -0.05) is 18.2 Å². The van der Waals surface area contributed by atoms with Crippen molar-refractivity contribution in [2.75, 3.05) is 11.9 Å². The van der Waals surface area contributed by atoms with Gasteiger partial charge in [0.25, 0.3) is 0 Å². The average Bonchev–Trinajstić information content (AvgIpc) is 3.16. The number of nitrogens with zero attached hydrogens (tertiary/aromatic N) is 1. The summed E-state index contributed by atoms with van der Waals surface area (Å²) >= 11 is 1.74. The zero-order chi connectivity index (χ0) is 19.7. The van der Waals surface area contributed by atoms with E-state index in [1.54, 1.807) is 18.3 Å². The first kappa shape index (κ1) is 18.6. The van der Waals surface area contributed by atoms with Crippen LogP contribution < -0.4 is 5.32 Å². The molecule has 2 aromatic carbocycles. The molecule has 1 aliphatic rings. The average molecular weight is 398 g/mol. The number of fused-ring (bicyclic) bond motifs is 1. The number of thiophene rings is 1. The van der Waals surface area contributed by atoms with Crippen molar-refractivity contribution in [1.82, 2.24) is 4.90 Å². The molecule has 28 heavy (non-hydrogen) atoms. The van der Waals surface area contributed by atoms with Gasteiger partial charge in [-0.3, -0.25) is 4.79 Å². The number of hydrogen-bond donors (Lipinski definition) is 1. The maximum absolute atomic E-state index is 13.8. The van der Waals surface area contributed by atoms with Crippen LogP contribution in [0, 0.1) is 11.6 Å². The maximum Gasteiger partial charge on any atom is 0.220 e. The van der Waals surface area contributed by atoms with Gasteiger partial charge in [0, 0.05) is 42.2 Å². The summed E-state index contributed by atoms with van der Waals surface area (Å²) in [6.07, 6.45) is 0.895. The van der Waals surface area contributed by atoms with Crippen LogP contribution in [0.1, 0.15) is 34.5 Å². The lowest BCUT2D eigenvalue weighted by Crippen LogP contribution is -2.38. The van der Waals surface area contributed by atoms with E-state index in [1.807, 2.05) is 29.2 Å². The molecule has 0 bridgehead atoms. The monoisotopic (exact) mass is 398 g/mol. The Hall–Kier alpha value is -2.73. The number of benzene rings is 2. The van der Waals surface area contributed by atoms with Crippen LogP contribution >= 0.6 is 11.3 Å². The molecule has 1 aliphatic heterocycles. The number of carbonyl (C=O) groups excluding carboxylic acids is 1. The summed E-state index contributed by atoms with van der Waals surface area (Å²) < 4.78 is 26.8. The van der Waals surface area contributed by atoms with Gasteiger partial charge in [0.1, 0.15) is 11.6 Å². The minimum Gasteiger partial charge on any atom is -0.381 e. The molecule has 1 atom stereocenters. The van der Waals surface area contributed by atoms with Gasteiger partial charge in [-0.2, -0.15) is 0 Å². The third-order valence-electron chi connectivity index (χ3n) is 5.09. The predicted octanol–water partition coefficient (Wildman–Crippen LogP) is 5.13. The second-order valence-electron chi connectivity index (χ2n) is 6.88. The molecule has 0 aliphatic carbocycles. The SMILES string of the molecule is CC(=O)N1CCc2sccc2[C@H]1c1ccc(NCc2ccc(F)cc2F)cc1. The zero-order valence-corrected chi connectivity index (χ0v) is 16.2. The third-order valence-corrected chi connectivity index (χ3v) is 6.09. The molecule has 3 aromatic rings. The normalized spacial score (nSPS) is 16.0. The lowest BCUT2D eigenvalue weighted by atomic mass is 9.93. The van der Waals surface area contributed by atoms with Crippen LogP contribution in [0.5, 0.6) is 0 Å². The molecule has 144 valence electrons. The second kappa shape index (κ2) is 7.72. The summed E-state index contributed by atoms with van der Waals surface area (Å²) in [5, 5.41) is 5.24. The molecule has 2 heterocycles. The highest BCUT2D eigenvalue weighted by atomic mass is 32.1. The molecule has 1 N–H and O–H groups in total. The van der Waals surface area contributed by atoms with Crippen LogP contribution in [0.3, 0.4) is 0 Å². The van der Waals surface area contributed by atoms with Crippen LogP contribution in [-0.4, -0.2) is 17.4 Å². The fourth-order valence-electron chi connectivity index (χ4n) is 3.66. The van der Waals surface area contributed by atoms with E-state index < -0.39 is 11.6 Å². The summed E-state index contributed by atoms with van der Waals surface area (Å²) in [5.74, 6) is -1.08. The van der Waals surface area contributed by atoms with Crippen LogP contribution in [0.2, 0.25) is 0 Å². The lowest BCUT2D eigenvalue weighted by molar-refractivity contribution is -0.130. The summed E-state index contributed by atoms with van der Waals surface area (Å²) in [6.45, 7) is 2.60. The Kier molecular flexibility index (Phi) is 5.13. The summed E-state index contributed by atoms with van der Waals surface area (Å²) in [5.41, 5.74) is 3.49. The van der Waals surface area contributed by atoms with E-state index in [1.165, 1.54) is 22.6 Å². The van der Waals surface area contributed by atoms with Gasteiger partial charge >= 0.3 is 0 Å². The zero-order valence-electron chi connectivity index (χ0n) is 15.4. The number of anilines is 1. The molecule has 0 fully saturated rings. The van der Waals surface area contributed by atoms with Gasteiger partial charge < -0.3 is 10.2 Å². The van der Waals surface area contributed by atoms with E-state index in [0.29, 0.717) is 5.56 Å². The van der Waals surface area contributed by atoms with Crippen LogP contribution in [0.25, 0.3) is 0 Å². The van der Waals surface area contributed by atoms with Crippen molar-refractivity contribution in [2.24, 2.45) is 0 Å². The van der Waals surface area contributed by atoms with Crippen molar-refractivity contribution in [2.45, 2.75) is 25.9 Å². The maximum atomic E-state index is 13.8. The standard InChI is InChI=1S/C22H20F2N2OS/c1-14(27)26-10-8-21-19(9-11-28-21)22(26)15-3-6-18(7-4-15)25-13-16-2-5-17(23)12-20(16)24/h2-7,9,11-12,22,25H,8,10,13H2,1H3/t22-/m1/s1. The first-order chi connectivity index (χ1) is 13.5. The van der Waals surface area contributed by atoms with Crippen molar-refractivity contribution in [1.29, 1.82) is 0 Å². The van der Waals surface area contributed by atoms with E-state index in [0.717, 1.165) is 30.3 Å². The molecule has 0 saturated heterocycles. The predicted molar refractivity (Wildman–Crippen MR) is 107 cm³/mol. The number of halogens is 2. The first-order valence-electron chi connectivity index (χ1n) is 9.14. The number of rotatable bonds is 4. The molecular weight excluding hydrogens is 378 g/mol. The van der Waals surface area contributed by atoms with Gasteiger partial charge in [0.15, 0.2) is 0 Å². The molecule has 6 heteroatoms. The Balaban J connectivity index is 1.53. The van der Waals surface area contributed by atoms with Crippen molar-refractivity contribution in [3.05, 3.63) is 87.1 Å². The second-order valence-corrected chi connectivity index (χ2v) is 7.88. The highest BCUT2D eigenvalue weighted by Crippen LogP contribution is 2.38.